The fourth-order valence-corrected chi connectivity index (χ4v) is 0. The van der Waals surface area contributed by atoms with Gasteiger partial charge in [0, 0.05) is 17.1 Å². The summed E-state index contributed by atoms with van der Waals surface area (Å²) in [5.74, 6) is 0. The van der Waals surface area contributed by atoms with Crippen LogP contribution in [0, 0.1) is 0 Å². The first kappa shape index (κ1) is 22.6. The van der Waals surface area contributed by atoms with Crippen molar-refractivity contribution >= 4 is 50.4 Å². The van der Waals surface area contributed by atoms with Gasteiger partial charge in [0.05, 0.1) is 0 Å². The van der Waals surface area contributed by atoms with Gasteiger partial charge in [-0.15, -0.1) is 17.0 Å². The molecule has 4 nitrogen and oxygen atoms in total. The first-order valence-corrected chi connectivity index (χ1v) is 2.10. The molecule has 0 aromatic rings. The molecular weight excluding hydrogens is 256 g/mol. The number of halogens is 1. The second-order valence-electron chi connectivity index (χ2n) is 0.448. The third-order valence-electron chi connectivity index (χ3n) is 0. The predicted octanol–water partition coefficient (Wildman–Crippen LogP) is -0.233. The molecule has 0 radical (unpaired) electrons. The molecule has 0 aliphatic carbocycles. The molecule has 8 heteroatoms. The van der Waals surface area contributed by atoms with Crippen LogP contribution < -0.4 is 0 Å². The summed E-state index contributed by atoms with van der Waals surface area (Å²) in [7, 11) is -4.67. The average molecular weight is 261 g/mol. The normalized spacial score (nSPS) is 7.25. The first-order chi connectivity index (χ1) is 2.00. The van der Waals surface area contributed by atoms with E-state index >= 15 is 0 Å². The molecule has 0 heterocycles. The molecule has 0 spiro atoms. The zero-order valence-corrected chi connectivity index (χ0v) is 8.64. The van der Waals surface area contributed by atoms with E-state index in [0.717, 1.165) is 0 Å². The molecule has 0 aromatic heterocycles. The van der Waals surface area contributed by atoms with E-state index in [4.69, 9.17) is 17.5 Å². The molecule has 8 heavy (non-hydrogen) atoms. The van der Waals surface area contributed by atoms with Gasteiger partial charge in [-0.2, -0.15) is 8.42 Å². The maximum absolute atomic E-state index is 8.74. The number of hydrogen-bond acceptors (Lipinski definition) is 2. The largest absolute Gasteiger partial charge is 2.00 e. The molecule has 0 aliphatic rings. The zero-order chi connectivity index (χ0) is 4.50. The minimum Gasteiger partial charge on any atom is -1.00 e. The molecule has 2 N–H and O–H groups in total. The van der Waals surface area contributed by atoms with Crippen molar-refractivity contribution in [2.75, 3.05) is 0 Å². The summed E-state index contributed by atoms with van der Waals surface area (Å²) in [6.45, 7) is 0. The molecule has 0 saturated carbocycles. The molecule has 0 aliphatic heterocycles. The van der Waals surface area contributed by atoms with E-state index in [1.165, 1.54) is 0 Å². The van der Waals surface area contributed by atoms with Crippen LogP contribution in [0.15, 0.2) is 0 Å². The Morgan fingerprint density at radius 2 is 1.25 bits per heavy atom. The second-order valence-corrected chi connectivity index (χ2v) is 1.34. The SMILES string of the molecule is Br.O=S(=O)(O)O.[Fe].[H-].[H-].[Mg+2]. The monoisotopic (exact) mass is 260 g/mol. The van der Waals surface area contributed by atoms with Crippen LogP contribution in [0.1, 0.15) is 2.85 Å². The van der Waals surface area contributed by atoms with Crippen molar-refractivity contribution in [2.24, 2.45) is 0 Å². The van der Waals surface area contributed by atoms with Crippen molar-refractivity contribution < 1.29 is 37.4 Å². The third-order valence-corrected chi connectivity index (χ3v) is 0. The Bertz CT molecular complexity index is 106. The molecule has 0 aromatic carbocycles. The summed E-state index contributed by atoms with van der Waals surface area (Å²) in [5.41, 5.74) is 0. The fourth-order valence-electron chi connectivity index (χ4n) is 0. The Kier molecular flexibility index (Phi) is 24.4. The Morgan fingerprint density at radius 3 is 1.25 bits per heavy atom. The van der Waals surface area contributed by atoms with Crippen LogP contribution in [-0.4, -0.2) is 40.6 Å². The fraction of sp³-hybridized carbons (Fsp3) is 0. The summed E-state index contributed by atoms with van der Waals surface area (Å²) in [6.07, 6.45) is 0. The van der Waals surface area contributed by atoms with Crippen molar-refractivity contribution in [3.63, 3.8) is 0 Å². The summed E-state index contributed by atoms with van der Waals surface area (Å²) in [4.78, 5) is 0. The zero-order valence-electron chi connectivity index (χ0n) is 5.59. The van der Waals surface area contributed by atoms with Crippen molar-refractivity contribution in [3.05, 3.63) is 0 Å². The van der Waals surface area contributed by atoms with E-state index in [9.17, 15) is 0 Å². The standard InChI is InChI=1S/BrH.Fe.Mg.H2O4S.2H/c;;;1-5(2,3)4;;/h1H;;;(H2,1,2,3,4);;/q;;+2;;2*-1. The van der Waals surface area contributed by atoms with Gasteiger partial charge in [0.25, 0.3) is 0 Å². The summed E-state index contributed by atoms with van der Waals surface area (Å²) >= 11 is 0. The van der Waals surface area contributed by atoms with Crippen molar-refractivity contribution in [2.45, 2.75) is 0 Å². The predicted molar refractivity (Wildman–Crippen MR) is 32.5 cm³/mol. The molecule has 0 rings (SSSR count). The molecule has 0 fully saturated rings. The number of hydrogen-bond donors (Lipinski definition) is 2. The van der Waals surface area contributed by atoms with Crippen LogP contribution in [0.3, 0.4) is 0 Å². The Hall–Kier alpha value is 1.64. The summed E-state index contributed by atoms with van der Waals surface area (Å²) < 4.78 is 31.6. The van der Waals surface area contributed by atoms with E-state index in [1.807, 2.05) is 0 Å². The van der Waals surface area contributed by atoms with Gasteiger partial charge in [-0.1, -0.05) is 0 Å². The molecule has 0 saturated heterocycles. The van der Waals surface area contributed by atoms with Crippen LogP contribution in [0.25, 0.3) is 0 Å². The first-order valence-electron chi connectivity index (χ1n) is 0.698. The minimum absolute atomic E-state index is 0. The van der Waals surface area contributed by atoms with Gasteiger partial charge in [0.15, 0.2) is 0 Å². The van der Waals surface area contributed by atoms with Crippen LogP contribution in [0.2, 0.25) is 0 Å². The summed E-state index contributed by atoms with van der Waals surface area (Å²) in [5, 5.41) is 0. The van der Waals surface area contributed by atoms with Crippen molar-refractivity contribution in [1.29, 1.82) is 0 Å². The quantitative estimate of drug-likeness (QED) is 0.466. The topological polar surface area (TPSA) is 74.6 Å². The van der Waals surface area contributed by atoms with Crippen molar-refractivity contribution in [1.82, 2.24) is 0 Å². The Balaban J connectivity index is -0.00000000800. The number of rotatable bonds is 0. The molecular formula is H5BrFeMgO4S. The summed E-state index contributed by atoms with van der Waals surface area (Å²) in [6, 6.07) is 0. The second kappa shape index (κ2) is 8.64. The van der Waals surface area contributed by atoms with Crippen LogP contribution in [-0.2, 0) is 27.5 Å². The van der Waals surface area contributed by atoms with Gasteiger partial charge in [-0.05, 0) is 0 Å². The molecule has 0 unspecified atom stereocenters. The van der Waals surface area contributed by atoms with E-state index < -0.39 is 10.4 Å². The van der Waals surface area contributed by atoms with Crippen LogP contribution >= 0.6 is 17.0 Å². The molecule has 0 bridgehead atoms. The van der Waals surface area contributed by atoms with Gasteiger partial charge < -0.3 is 2.85 Å². The van der Waals surface area contributed by atoms with E-state index in [2.05, 4.69) is 0 Å². The maximum atomic E-state index is 8.74. The molecule has 0 atom stereocenters. The Labute approximate surface area is 87.4 Å². The minimum atomic E-state index is -4.67. The van der Waals surface area contributed by atoms with Gasteiger partial charge in [0.2, 0.25) is 0 Å². The average Bonchev–Trinajstić information content (AvgIpc) is 0.722. The van der Waals surface area contributed by atoms with Gasteiger partial charge in [-0.3, -0.25) is 9.11 Å². The van der Waals surface area contributed by atoms with Crippen LogP contribution in [0.4, 0.5) is 0 Å². The molecule has 0 amide bonds. The maximum Gasteiger partial charge on any atom is 2.00 e. The van der Waals surface area contributed by atoms with Crippen molar-refractivity contribution in [3.8, 4) is 0 Å². The van der Waals surface area contributed by atoms with Gasteiger partial charge in [0.1, 0.15) is 0 Å². The van der Waals surface area contributed by atoms with E-state index in [1.54, 1.807) is 0 Å². The Morgan fingerprint density at radius 1 is 1.25 bits per heavy atom. The van der Waals surface area contributed by atoms with E-state index in [0.29, 0.717) is 0 Å². The van der Waals surface area contributed by atoms with E-state index in [-0.39, 0.29) is 60.0 Å². The van der Waals surface area contributed by atoms with Crippen LogP contribution in [0.5, 0.6) is 0 Å². The van der Waals surface area contributed by atoms with Gasteiger partial charge in [-0.25, -0.2) is 0 Å². The smallest absolute Gasteiger partial charge is 1.00 e. The van der Waals surface area contributed by atoms with Gasteiger partial charge >= 0.3 is 33.5 Å². The molecule has 52 valence electrons. The third kappa shape index (κ3) is 126.